The molecular formula is C43H85NO16. The van der Waals surface area contributed by atoms with E-state index in [-0.39, 0.29) is 6.61 Å². The third-order valence-electron chi connectivity index (χ3n) is 8.51. The second kappa shape index (κ2) is 53.6. The Balaban J connectivity index is 3.09. The fourth-order valence-electron chi connectivity index (χ4n) is 5.29. The van der Waals surface area contributed by atoms with Crippen molar-refractivity contribution in [1.82, 2.24) is 5.32 Å². The van der Waals surface area contributed by atoms with Gasteiger partial charge < -0.3 is 72.0 Å². The number of unbranched alkanes of at least 4 members (excludes halogenated alkanes) is 12. The van der Waals surface area contributed by atoms with Crippen LogP contribution in [0.25, 0.3) is 0 Å². The summed E-state index contributed by atoms with van der Waals surface area (Å²) in [4.78, 5) is 21.7. The van der Waals surface area contributed by atoms with Crippen LogP contribution in [0.3, 0.4) is 0 Å². The van der Waals surface area contributed by atoms with E-state index in [1.165, 1.54) is 77.0 Å². The second-order valence-electron chi connectivity index (χ2n) is 13.8. The van der Waals surface area contributed by atoms with Crippen molar-refractivity contribution in [1.29, 1.82) is 0 Å². The molecule has 0 saturated carbocycles. The highest BCUT2D eigenvalue weighted by Crippen LogP contribution is 2.12. The Morgan fingerprint density at radius 2 is 0.567 bits per heavy atom. The molecule has 358 valence electrons. The third kappa shape index (κ3) is 54.4. The monoisotopic (exact) mass is 872 g/mol. The van der Waals surface area contributed by atoms with Gasteiger partial charge >= 0.3 is 5.97 Å². The van der Waals surface area contributed by atoms with E-state index in [0.29, 0.717) is 159 Å². The Morgan fingerprint density at radius 1 is 0.317 bits per heavy atom. The number of carbonyl (C=O) groups is 2. The summed E-state index contributed by atoms with van der Waals surface area (Å²) in [6.45, 7) is 13.8. The van der Waals surface area contributed by atoms with E-state index in [2.05, 4.69) is 17.0 Å². The summed E-state index contributed by atoms with van der Waals surface area (Å²) in [5.74, 6) is -1.52. The van der Waals surface area contributed by atoms with Crippen molar-refractivity contribution in [2.45, 2.75) is 90.4 Å². The topological polar surface area (TPSA) is 186 Å². The number of nitrogens with one attached hydrogen (secondary N) is 1. The Morgan fingerprint density at radius 3 is 0.850 bits per heavy atom. The summed E-state index contributed by atoms with van der Waals surface area (Å²) in [7, 11) is 0. The zero-order valence-electron chi connectivity index (χ0n) is 37.4. The Bertz CT molecular complexity index is 847. The van der Waals surface area contributed by atoms with E-state index in [1.807, 2.05) is 0 Å². The van der Waals surface area contributed by atoms with Gasteiger partial charge in [-0.1, -0.05) is 84.0 Å². The molecular weight excluding hydrogens is 786 g/mol. The third-order valence-corrected chi connectivity index (χ3v) is 8.51. The van der Waals surface area contributed by atoms with Crippen molar-refractivity contribution in [2.75, 3.05) is 178 Å². The van der Waals surface area contributed by atoms with Crippen LogP contribution in [0.4, 0.5) is 0 Å². The largest absolute Gasteiger partial charge is 0.480 e. The number of aliphatic carboxylic acids is 1. The maximum Gasteiger partial charge on any atom is 0.329 e. The fourth-order valence-corrected chi connectivity index (χ4v) is 5.29. The SMILES string of the molecule is CCCCCCCCCCCCCCCOCCOCCOCCOCCOCCOCCOCCOCCOCCOCCOCCOCCNC(=O)COCC(=O)O. The van der Waals surface area contributed by atoms with Crippen molar-refractivity contribution in [3.8, 4) is 0 Å². The molecule has 0 atom stereocenters. The lowest BCUT2D eigenvalue weighted by Crippen LogP contribution is -2.31. The lowest BCUT2D eigenvalue weighted by Gasteiger charge is -2.09. The molecule has 0 aromatic rings. The quantitative estimate of drug-likeness (QED) is 0.0814. The van der Waals surface area contributed by atoms with E-state index in [1.54, 1.807) is 0 Å². The highest BCUT2D eigenvalue weighted by atomic mass is 16.6. The van der Waals surface area contributed by atoms with Crippen LogP contribution in [0.1, 0.15) is 90.4 Å². The number of rotatable bonds is 54. The first-order chi connectivity index (χ1) is 29.7. The molecule has 0 fully saturated rings. The van der Waals surface area contributed by atoms with Crippen molar-refractivity contribution in [3.05, 3.63) is 0 Å². The van der Waals surface area contributed by atoms with Gasteiger partial charge in [0.1, 0.15) is 13.2 Å². The lowest BCUT2D eigenvalue weighted by atomic mass is 10.0. The van der Waals surface area contributed by atoms with Gasteiger partial charge in [0.15, 0.2) is 0 Å². The van der Waals surface area contributed by atoms with Crippen LogP contribution in [0, 0.1) is 0 Å². The van der Waals surface area contributed by atoms with Crippen molar-refractivity contribution in [3.63, 3.8) is 0 Å². The smallest absolute Gasteiger partial charge is 0.329 e. The minimum atomic E-state index is -1.12. The molecule has 0 aliphatic carbocycles. The summed E-state index contributed by atoms with van der Waals surface area (Å²) in [6, 6.07) is 0. The molecule has 0 heterocycles. The number of ether oxygens (including phenoxy) is 13. The van der Waals surface area contributed by atoms with Gasteiger partial charge in [-0.3, -0.25) is 4.79 Å². The molecule has 0 radical (unpaired) electrons. The van der Waals surface area contributed by atoms with E-state index < -0.39 is 18.5 Å². The molecule has 1 amide bonds. The van der Waals surface area contributed by atoms with Crippen LogP contribution in [0.15, 0.2) is 0 Å². The normalized spacial score (nSPS) is 11.5. The van der Waals surface area contributed by atoms with Gasteiger partial charge in [0.25, 0.3) is 0 Å². The molecule has 60 heavy (non-hydrogen) atoms. The van der Waals surface area contributed by atoms with E-state index in [0.717, 1.165) is 13.0 Å². The molecule has 0 rings (SSSR count). The number of carboxylic acid groups (broad SMARTS) is 1. The van der Waals surface area contributed by atoms with Gasteiger partial charge in [-0.15, -0.1) is 0 Å². The molecule has 2 N–H and O–H groups in total. The average Bonchev–Trinajstić information content (AvgIpc) is 3.24. The highest BCUT2D eigenvalue weighted by Gasteiger charge is 2.03. The molecule has 17 nitrogen and oxygen atoms in total. The van der Waals surface area contributed by atoms with Crippen molar-refractivity contribution < 1.29 is 76.3 Å². The summed E-state index contributed by atoms with van der Waals surface area (Å²) >= 11 is 0. The Kier molecular flexibility index (Phi) is 52.1. The molecule has 0 saturated heterocycles. The maximum absolute atomic E-state index is 11.4. The van der Waals surface area contributed by atoms with Gasteiger partial charge in [-0.25, -0.2) is 4.79 Å². The second-order valence-corrected chi connectivity index (χ2v) is 13.8. The van der Waals surface area contributed by atoms with Crippen LogP contribution in [-0.2, 0) is 71.2 Å². The number of carbonyl (C=O) groups excluding carboxylic acids is 1. The number of carboxylic acids is 1. The van der Waals surface area contributed by atoms with Crippen LogP contribution in [0.2, 0.25) is 0 Å². The predicted octanol–water partition coefficient (Wildman–Crippen LogP) is 4.49. The minimum absolute atomic E-state index is 0.300. The predicted molar refractivity (Wildman–Crippen MR) is 227 cm³/mol. The summed E-state index contributed by atoms with van der Waals surface area (Å²) in [5, 5.41) is 11.0. The molecule has 0 aliphatic rings. The molecule has 0 aromatic heterocycles. The standard InChI is InChI=1S/C43H85NO16/c1-2-3-4-5-6-7-8-9-10-11-12-13-14-16-48-18-20-50-22-24-52-26-28-54-30-32-56-34-36-58-38-39-59-37-35-57-33-31-55-29-27-53-25-23-51-21-19-49-17-15-44-42(45)40-60-41-43(46)47/h2-41H2,1H3,(H,44,45)(H,46,47). The lowest BCUT2D eigenvalue weighted by molar-refractivity contribution is -0.143. The van der Waals surface area contributed by atoms with E-state index >= 15 is 0 Å². The van der Waals surface area contributed by atoms with Gasteiger partial charge in [0.2, 0.25) is 5.91 Å². The number of amides is 1. The van der Waals surface area contributed by atoms with E-state index in [9.17, 15) is 9.59 Å². The zero-order chi connectivity index (χ0) is 43.3. The minimum Gasteiger partial charge on any atom is -0.480 e. The summed E-state index contributed by atoms with van der Waals surface area (Å²) in [5.41, 5.74) is 0. The average molecular weight is 872 g/mol. The van der Waals surface area contributed by atoms with Crippen molar-refractivity contribution >= 4 is 11.9 Å². The van der Waals surface area contributed by atoms with Crippen LogP contribution in [0.5, 0.6) is 0 Å². The number of hydrogen-bond acceptors (Lipinski definition) is 15. The van der Waals surface area contributed by atoms with Gasteiger partial charge in [0, 0.05) is 13.2 Å². The summed E-state index contributed by atoms with van der Waals surface area (Å²) < 4.78 is 70.7. The first kappa shape index (κ1) is 58.4. The highest BCUT2D eigenvalue weighted by molar-refractivity contribution is 5.77. The molecule has 0 aromatic carbocycles. The van der Waals surface area contributed by atoms with Crippen LogP contribution in [-0.4, -0.2) is 195 Å². The molecule has 0 unspecified atom stereocenters. The summed E-state index contributed by atoms with van der Waals surface area (Å²) in [6.07, 6.45) is 17.7. The van der Waals surface area contributed by atoms with Gasteiger partial charge in [0.05, 0.1) is 152 Å². The first-order valence-corrected chi connectivity index (χ1v) is 22.7. The Hall–Kier alpha value is -1.58. The number of hydrogen-bond donors (Lipinski definition) is 2. The maximum atomic E-state index is 11.4. The zero-order valence-corrected chi connectivity index (χ0v) is 37.4. The van der Waals surface area contributed by atoms with Crippen LogP contribution < -0.4 is 5.32 Å². The molecule has 17 heteroatoms. The van der Waals surface area contributed by atoms with Gasteiger partial charge in [-0.2, -0.15) is 0 Å². The van der Waals surface area contributed by atoms with Crippen LogP contribution >= 0.6 is 0 Å². The molecule has 0 spiro atoms. The molecule has 0 bridgehead atoms. The van der Waals surface area contributed by atoms with Gasteiger partial charge in [-0.05, 0) is 6.42 Å². The molecule has 0 aliphatic heterocycles. The van der Waals surface area contributed by atoms with Crippen molar-refractivity contribution in [2.24, 2.45) is 0 Å². The first-order valence-electron chi connectivity index (χ1n) is 22.7. The Labute approximate surface area is 361 Å². The fraction of sp³-hybridized carbons (Fsp3) is 0.953. The van der Waals surface area contributed by atoms with E-state index in [4.69, 9.17) is 61.9 Å².